The van der Waals surface area contributed by atoms with Gasteiger partial charge in [0, 0.05) is 10.9 Å². The van der Waals surface area contributed by atoms with Crippen molar-refractivity contribution in [1.29, 1.82) is 0 Å². The van der Waals surface area contributed by atoms with E-state index in [0.29, 0.717) is 23.7 Å². The number of hydrogen-bond donors (Lipinski definition) is 2. The van der Waals surface area contributed by atoms with Crippen LogP contribution in [0.2, 0.25) is 0 Å². The van der Waals surface area contributed by atoms with Crippen LogP contribution in [0.25, 0.3) is 0 Å². The molecular formula is C27H27BrIN3O5. The van der Waals surface area contributed by atoms with Crippen molar-refractivity contribution in [3.05, 3.63) is 91.5 Å². The molecule has 0 aliphatic heterocycles. The molecule has 0 bridgehead atoms. The van der Waals surface area contributed by atoms with Gasteiger partial charge >= 0.3 is 6.09 Å². The number of hydrazone groups is 1. The number of ether oxygens (including phenoxy) is 3. The number of carbonyl (C=O) groups is 2. The molecule has 8 nitrogen and oxygen atoms in total. The zero-order valence-electron chi connectivity index (χ0n) is 20.4. The normalized spacial score (nSPS) is 11.6. The van der Waals surface area contributed by atoms with Gasteiger partial charge in [0.2, 0.25) is 0 Å². The quantitative estimate of drug-likeness (QED) is 0.160. The molecule has 0 radical (unpaired) electrons. The zero-order valence-corrected chi connectivity index (χ0v) is 24.1. The summed E-state index contributed by atoms with van der Waals surface area (Å²) < 4.78 is 18.3. The van der Waals surface area contributed by atoms with Gasteiger partial charge in [-0.1, -0.05) is 58.4 Å². The third-order valence-corrected chi connectivity index (χ3v) is 6.43. The summed E-state index contributed by atoms with van der Waals surface area (Å²) in [6.07, 6.45) is 1.13. The average molecular weight is 680 g/mol. The maximum Gasteiger partial charge on any atom is 0.407 e. The minimum absolute atomic E-state index is 0.201. The largest absolute Gasteiger partial charge is 0.493 e. The maximum atomic E-state index is 12.8. The Balaban J connectivity index is 1.67. The van der Waals surface area contributed by atoms with Crippen molar-refractivity contribution < 1.29 is 23.8 Å². The topological polar surface area (TPSA) is 98.2 Å². The molecule has 0 fully saturated rings. The number of benzene rings is 3. The molecule has 1 atom stereocenters. The van der Waals surface area contributed by atoms with Crippen LogP contribution in [-0.2, 0) is 22.6 Å². The van der Waals surface area contributed by atoms with Gasteiger partial charge in [-0.05, 0) is 70.5 Å². The molecule has 0 aliphatic carbocycles. The number of carbonyl (C=O) groups excluding carboxylic acids is 2. The predicted octanol–water partition coefficient (Wildman–Crippen LogP) is 5.45. The number of halogens is 2. The van der Waals surface area contributed by atoms with E-state index in [4.69, 9.17) is 14.2 Å². The van der Waals surface area contributed by atoms with Gasteiger partial charge in [0.05, 0.1) is 23.5 Å². The highest BCUT2D eigenvalue weighted by Crippen LogP contribution is 2.34. The third kappa shape index (κ3) is 9.04. The van der Waals surface area contributed by atoms with Crippen molar-refractivity contribution in [1.82, 2.24) is 10.7 Å². The second kappa shape index (κ2) is 14.6. The second-order valence-electron chi connectivity index (χ2n) is 7.79. The Hall–Kier alpha value is -3.12. The first-order valence-corrected chi connectivity index (χ1v) is 13.3. The van der Waals surface area contributed by atoms with Crippen molar-refractivity contribution in [3.8, 4) is 11.5 Å². The van der Waals surface area contributed by atoms with Crippen LogP contribution in [0.4, 0.5) is 4.79 Å². The summed E-state index contributed by atoms with van der Waals surface area (Å²) in [5.41, 5.74) is 5.12. The fourth-order valence-electron chi connectivity index (χ4n) is 3.31. The molecular weight excluding hydrogens is 653 g/mol. The van der Waals surface area contributed by atoms with Crippen LogP contribution in [0.3, 0.4) is 0 Å². The van der Waals surface area contributed by atoms with Crippen molar-refractivity contribution in [3.63, 3.8) is 0 Å². The summed E-state index contributed by atoms with van der Waals surface area (Å²) in [5.74, 6) is 0.695. The van der Waals surface area contributed by atoms with Crippen molar-refractivity contribution >= 4 is 56.7 Å². The summed E-state index contributed by atoms with van der Waals surface area (Å²) in [6, 6.07) is 20.0. The number of nitrogens with one attached hydrogen (secondary N) is 2. The summed E-state index contributed by atoms with van der Waals surface area (Å²) >= 11 is 5.60. The summed E-state index contributed by atoms with van der Waals surface area (Å²) in [7, 11) is 1.57. The Kier molecular flexibility index (Phi) is 11.2. The van der Waals surface area contributed by atoms with Gasteiger partial charge in [-0.15, -0.1) is 0 Å². The Morgan fingerprint density at radius 3 is 2.49 bits per heavy atom. The van der Waals surface area contributed by atoms with Crippen LogP contribution in [0.15, 0.2) is 76.3 Å². The number of nitrogens with zero attached hydrogens (tertiary/aromatic N) is 1. The first-order chi connectivity index (χ1) is 17.9. The molecule has 37 heavy (non-hydrogen) atoms. The first kappa shape index (κ1) is 28.5. The maximum absolute atomic E-state index is 12.8. The van der Waals surface area contributed by atoms with E-state index in [2.05, 4.69) is 54.4 Å². The summed E-state index contributed by atoms with van der Waals surface area (Å²) in [4.78, 5) is 24.8. The van der Waals surface area contributed by atoms with Crippen molar-refractivity contribution in [2.24, 2.45) is 5.10 Å². The van der Waals surface area contributed by atoms with E-state index in [0.717, 1.165) is 19.2 Å². The second-order valence-corrected chi connectivity index (χ2v) is 9.87. The first-order valence-electron chi connectivity index (χ1n) is 11.4. The molecule has 2 N–H and O–H groups in total. The molecule has 194 valence electrons. The molecule has 0 aromatic heterocycles. The van der Waals surface area contributed by atoms with E-state index in [1.807, 2.05) is 60.7 Å². The van der Waals surface area contributed by atoms with Gasteiger partial charge in [0.15, 0.2) is 11.5 Å². The molecule has 3 aromatic carbocycles. The SMILES string of the molecule is CCOC(=O)N[C@H](Cc1ccccc1)C(=O)N/N=C\c1cc(I)c(OCc2ccc(Br)cc2)c(OC)c1. The standard InChI is InChI=1S/C27H27BrIN3O5/c1-3-36-27(34)31-23(14-18-7-5-4-6-8-18)26(33)32-30-16-20-13-22(29)25(24(15-20)35-2)37-17-19-9-11-21(28)12-10-19/h4-13,15-16,23H,3,14,17H2,1-2H3,(H,31,34)(H,32,33)/b30-16-/t23-/m1/s1. The van der Waals surface area contributed by atoms with E-state index in [1.165, 1.54) is 6.21 Å². The highest BCUT2D eigenvalue weighted by molar-refractivity contribution is 14.1. The van der Waals surface area contributed by atoms with Crippen LogP contribution < -0.4 is 20.2 Å². The van der Waals surface area contributed by atoms with Crippen LogP contribution in [0.1, 0.15) is 23.6 Å². The van der Waals surface area contributed by atoms with Crippen LogP contribution in [0, 0.1) is 3.57 Å². The third-order valence-electron chi connectivity index (χ3n) is 5.10. The van der Waals surface area contributed by atoms with Crippen LogP contribution in [-0.4, -0.2) is 38.0 Å². The number of methoxy groups -OCH3 is 1. The smallest absolute Gasteiger partial charge is 0.407 e. The highest BCUT2D eigenvalue weighted by Gasteiger charge is 2.21. The van der Waals surface area contributed by atoms with Gasteiger partial charge in [0.25, 0.3) is 5.91 Å². The zero-order chi connectivity index (χ0) is 26.6. The minimum Gasteiger partial charge on any atom is -0.493 e. The van der Waals surface area contributed by atoms with Gasteiger partial charge in [-0.25, -0.2) is 10.2 Å². The Morgan fingerprint density at radius 2 is 1.81 bits per heavy atom. The fourth-order valence-corrected chi connectivity index (χ4v) is 4.36. The number of alkyl carbamates (subject to hydrolysis) is 1. The van der Waals surface area contributed by atoms with Crippen LogP contribution in [0.5, 0.6) is 11.5 Å². The molecule has 0 spiro atoms. The van der Waals surface area contributed by atoms with Gasteiger partial charge in [0.1, 0.15) is 12.6 Å². The molecule has 0 saturated heterocycles. The van der Waals surface area contributed by atoms with Gasteiger partial charge in [-0.2, -0.15) is 5.10 Å². The average Bonchev–Trinajstić information content (AvgIpc) is 2.89. The molecule has 3 rings (SSSR count). The lowest BCUT2D eigenvalue weighted by atomic mass is 10.1. The summed E-state index contributed by atoms with van der Waals surface area (Å²) in [5, 5.41) is 6.68. The monoisotopic (exact) mass is 679 g/mol. The van der Waals surface area contributed by atoms with Crippen molar-refractivity contribution in [2.75, 3.05) is 13.7 Å². The Labute approximate surface area is 238 Å². The molecule has 10 heteroatoms. The highest BCUT2D eigenvalue weighted by atomic mass is 127. The molecule has 0 unspecified atom stereocenters. The lowest BCUT2D eigenvalue weighted by Gasteiger charge is -2.17. The minimum atomic E-state index is -0.859. The van der Waals surface area contributed by atoms with E-state index < -0.39 is 18.0 Å². The number of amides is 2. The van der Waals surface area contributed by atoms with E-state index in [1.54, 1.807) is 20.1 Å². The lowest BCUT2D eigenvalue weighted by molar-refractivity contribution is -0.123. The van der Waals surface area contributed by atoms with Gasteiger partial charge < -0.3 is 19.5 Å². The van der Waals surface area contributed by atoms with Crippen LogP contribution >= 0.6 is 38.5 Å². The van der Waals surface area contributed by atoms with Crippen molar-refractivity contribution in [2.45, 2.75) is 26.0 Å². The Bertz CT molecular complexity index is 1220. The van der Waals surface area contributed by atoms with E-state index >= 15 is 0 Å². The Morgan fingerprint density at radius 1 is 1.08 bits per heavy atom. The molecule has 0 aliphatic rings. The summed E-state index contributed by atoms with van der Waals surface area (Å²) in [6.45, 7) is 2.29. The number of hydrogen-bond acceptors (Lipinski definition) is 6. The predicted molar refractivity (Wildman–Crippen MR) is 154 cm³/mol. The molecule has 2 amide bonds. The lowest BCUT2D eigenvalue weighted by Crippen LogP contribution is -2.47. The van der Waals surface area contributed by atoms with Gasteiger partial charge in [-0.3, -0.25) is 4.79 Å². The number of rotatable bonds is 11. The molecule has 3 aromatic rings. The van der Waals surface area contributed by atoms with E-state index in [-0.39, 0.29) is 13.0 Å². The van der Waals surface area contributed by atoms with E-state index in [9.17, 15) is 9.59 Å². The molecule has 0 heterocycles. The fraction of sp³-hybridized carbons (Fsp3) is 0.222. The molecule has 0 saturated carbocycles.